The molecule has 0 aliphatic heterocycles. The lowest BCUT2D eigenvalue weighted by Crippen LogP contribution is -2.12. The number of nitrogens with one attached hydrogen (secondary N) is 2. The first-order chi connectivity index (χ1) is 13.7. The molecule has 0 radical (unpaired) electrons. The molecule has 0 atom stereocenters. The molecule has 0 unspecified atom stereocenters. The Morgan fingerprint density at radius 1 is 0.964 bits per heavy atom. The van der Waals surface area contributed by atoms with Gasteiger partial charge in [-0.15, -0.1) is 10.2 Å². The molecule has 0 spiro atoms. The molecule has 0 saturated heterocycles. The first-order valence-corrected chi connectivity index (χ1v) is 9.14. The van der Waals surface area contributed by atoms with Gasteiger partial charge in [0.1, 0.15) is 11.5 Å². The summed E-state index contributed by atoms with van der Waals surface area (Å²) < 4.78 is 6.62. The number of hydrogen-bond acceptors (Lipinski definition) is 5. The van der Waals surface area contributed by atoms with Crippen LogP contribution in [-0.4, -0.2) is 26.1 Å². The minimum Gasteiger partial charge on any atom is -0.456 e. The number of halogens is 1. The summed E-state index contributed by atoms with van der Waals surface area (Å²) in [6.07, 6.45) is 3.33. The SMILES string of the molecule is O=C(Nc1nnc(-c2ccc(Oc3cccnc3)cc2)[nH]1)c1ccc(Br)cc1. The number of ether oxygens (including phenoxy) is 1. The molecule has 2 aromatic heterocycles. The Morgan fingerprint density at radius 3 is 2.46 bits per heavy atom. The fourth-order valence-electron chi connectivity index (χ4n) is 2.45. The molecule has 0 aliphatic rings. The zero-order valence-electron chi connectivity index (χ0n) is 14.5. The number of anilines is 1. The fraction of sp³-hybridized carbons (Fsp3) is 0. The number of aromatic nitrogens is 4. The fourth-order valence-corrected chi connectivity index (χ4v) is 2.72. The van der Waals surface area contributed by atoms with Crippen LogP contribution in [0, 0.1) is 0 Å². The van der Waals surface area contributed by atoms with Gasteiger partial charge in [0, 0.05) is 21.8 Å². The minimum absolute atomic E-state index is 0.268. The molecule has 4 rings (SSSR count). The van der Waals surface area contributed by atoms with Crippen LogP contribution in [0.2, 0.25) is 0 Å². The number of pyridine rings is 1. The van der Waals surface area contributed by atoms with E-state index in [2.05, 4.69) is 41.4 Å². The van der Waals surface area contributed by atoms with Gasteiger partial charge in [-0.25, -0.2) is 0 Å². The predicted molar refractivity (Wildman–Crippen MR) is 108 cm³/mol. The van der Waals surface area contributed by atoms with Crippen molar-refractivity contribution in [3.05, 3.63) is 83.1 Å². The van der Waals surface area contributed by atoms with E-state index in [-0.39, 0.29) is 11.9 Å². The molecule has 2 N–H and O–H groups in total. The lowest BCUT2D eigenvalue weighted by Gasteiger charge is -2.05. The van der Waals surface area contributed by atoms with Crippen molar-refractivity contribution >= 4 is 27.8 Å². The summed E-state index contributed by atoms with van der Waals surface area (Å²) >= 11 is 3.34. The summed E-state index contributed by atoms with van der Waals surface area (Å²) in [7, 11) is 0. The Balaban J connectivity index is 1.43. The summed E-state index contributed by atoms with van der Waals surface area (Å²) in [5, 5.41) is 10.8. The van der Waals surface area contributed by atoms with Gasteiger partial charge < -0.3 is 9.72 Å². The van der Waals surface area contributed by atoms with Gasteiger partial charge in [0.2, 0.25) is 5.95 Å². The number of benzene rings is 2. The number of carbonyl (C=O) groups is 1. The number of rotatable bonds is 5. The highest BCUT2D eigenvalue weighted by Crippen LogP contribution is 2.24. The van der Waals surface area contributed by atoms with Crippen LogP contribution in [0.15, 0.2) is 77.5 Å². The molecule has 4 aromatic rings. The van der Waals surface area contributed by atoms with E-state index in [1.807, 2.05) is 36.4 Å². The second kappa shape index (κ2) is 8.01. The van der Waals surface area contributed by atoms with Crippen molar-refractivity contribution < 1.29 is 9.53 Å². The average Bonchev–Trinajstić information content (AvgIpc) is 3.18. The standard InChI is InChI=1S/C20H14BrN5O2/c21-15-7-3-14(4-8-15)19(27)24-20-23-18(25-26-20)13-5-9-16(10-6-13)28-17-2-1-11-22-12-17/h1-12H,(H2,23,24,25,26,27). The van der Waals surface area contributed by atoms with Crippen LogP contribution < -0.4 is 10.1 Å². The molecule has 2 heterocycles. The van der Waals surface area contributed by atoms with Gasteiger partial charge in [-0.3, -0.25) is 15.1 Å². The number of H-pyrrole nitrogens is 1. The summed E-state index contributed by atoms with van der Waals surface area (Å²) in [6.45, 7) is 0. The summed E-state index contributed by atoms with van der Waals surface area (Å²) in [4.78, 5) is 19.3. The van der Waals surface area contributed by atoms with Gasteiger partial charge in [0.05, 0.1) is 6.20 Å². The summed E-state index contributed by atoms with van der Waals surface area (Å²) in [6, 6.07) is 18.0. The average molecular weight is 436 g/mol. The smallest absolute Gasteiger partial charge is 0.258 e. The van der Waals surface area contributed by atoms with Crippen LogP contribution in [0.4, 0.5) is 5.95 Å². The van der Waals surface area contributed by atoms with Gasteiger partial charge in [-0.05, 0) is 60.7 Å². The van der Waals surface area contributed by atoms with E-state index in [1.165, 1.54) is 0 Å². The van der Waals surface area contributed by atoms with E-state index >= 15 is 0 Å². The number of hydrogen-bond donors (Lipinski definition) is 2. The molecular weight excluding hydrogens is 422 g/mol. The van der Waals surface area contributed by atoms with Gasteiger partial charge in [0.25, 0.3) is 5.91 Å². The number of carbonyl (C=O) groups excluding carboxylic acids is 1. The van der Waals surface area contributed by atoms with Crippen LogP contribution in [0.1, 0.15) is 10.4 Å². The Morgan fingerprint density at radius 2 is 1.75 bits per heavy atom. The summed E-state index contributed by atoms with van der Waals surface area (Å²) in [5.74, 6) is 1.89. The molecule has 0 aliphatic carbocycles. The normalized spacial score (nSPS) is 10.5. The zero-order chi connectivity index (χ0) is 19.3. The largest absolute Gasteiger partial charge is 0.456 e. The third-order valence-electron chi connectivity index (χ3n) is 3.82. The highest BCUT2D eigenvalue weighted by atomic mass is 79.9. The van der Waals surface area contributed by atoms with E-state index in [1.54, 1.807) is 36.7 Å². The van der Waals surface area contributed by atoms with E-state index < -0.39 is 0 Å². The van der Waals surface area contributed by atoms with E-state index in [0.717, 1.165) is 10.0 Å². The lowest BCUT2D eigenvalue weighted by atomic mass is 10.2. The van der Waals surface area contributed by atoms with Gasteiger partial charge in [-0.2, -0.15) is 0 Å². The van der Waals surface area contributed by atoms with Gasteiger partial charge in [-0.1, -0.05) is 15.9 Å². The Bertz CT molecular complexity index is 1080. The van der Waals surface area contributed by atoms with Crippen LogP contribution in [0.3, 0.4) is 0 Å². The van der Waals surface area contributed by atoms with Gasteiger partial charge in [0.15, 0.2) is 5.82 Å². The topological polar surface area (TPSA) is 92.8 Å². The van der Waals surface area contributed by atoms with Crippen LogP contribution in [0.5, 0.6) is 11.5 Å². The highest BCUT2D eigenvalue weighted by Gasteiger charge is 2.10. The van der Waals surface area contributed by atoms with Crippen molar-refractivity contribution in [3.8, 4) is 22.9 Å². The maximum atomic E-state index is 12.3. The monoisotopic (exact) mass is 435 g/mol. The maximum absolute atomic E-state index is 12.3. The van der Waals surface area contributed by atoms with Gasteiger partial charge >= 0.3 is 0 Å². The minimum atomic E-state index is -0.268. The molecule has 8 heteroatoms. The quantitative estimate of drug-likeness (QED) is 0.474. The van der Waals surface area contributed by atoms with Crippen molar-refractivity contribution in [2.24, 2.45) is 0 Å². The highest BCUT2D eigenvalue weighted by molar-refractivity contribution is 9.10. The molecule has 28 heavy (non-hydrogen) atoms. The maximum Gasteiger partial charge on any atom is 0.258 e. The van der Waals surface area contributed by atoms with E-state index in [0.29, 0.717) is 22.9 Å². The lowest BCUT2D eigenvalue weighted by molar-refractivity contribution is 0.102. The zero-order valence-corrected chi connectivity index (χ0v) is 16.1. The molecule has 1 amide bonds. The van der Waals surface area contributed by atoms with Crippen LogP contribution in [0.25, 0.3) is 11.4 Å². The van der Waals surface area contributed by atoms with Crippen molar-refractivity contribution in [2.45, 2.75) is 0 Å². The third kappa shape index (κ3) is 4.24. The number of nitrogens with zero attached hydrogens (tertiary/aromatic N) is 3. The van der Waals surface area contributed by atoms with Crippen molar-refractivity contribution in [1.82, 2.24) is 20.2 Å². The first-order valence-electron chi connectivity index (χ1n) is 8.35. The Labute approximate surface area is 168 Å². The molecule has 0 bridgehead atoms. The summed E-state index contributed by atoms with van der Waals surface area (Å²) in [5.41, 5.74) is 1.34. The number of amides is 1. The molecule has 2 aromatic carbocycles. The second-order valence-electron chi connectivity index (χ2n) is 5.80. The molecule has 0 saturated carbocycles. The van der Waals surface area contributed by atoms with E-state index in [4.69, 9.17) is 4.74 Å². The van der Waals surface area contributed by atoms with Crippen molar-refractivity contribution in [2.75, 3.05) is 5.32 Å². The van der Waals surface area contributed by atoms with E-state index in [9.17, 15) is 4.79 Å². The molecule has 7 nitrogen and oxygen atoms in total. The Hall–Kier alpha value is -3.52. The third-order valence-corrected chi connectivity index (χ3v) is 4.35. The second-order valence-corrected chi connectivity index (χ2v) is 6.71. The molecular formula is C20H14BrN5O2. The van der Waals surface area contributed by atoms with Crippen molar-refractivity contribution in [1.29, 1.82) is 0 Å². The molecule has 0 fully saturated rings. The van der Waals surface area contributed by atoms with Crippen molar-refractivity contribution in [3.63, 3.8) is 0 Å². The molecule has 138 valence electrons. The Kier molecular flexibility index (Phi) is 5.11. The van der Waals surface area contributed by atoms with Crippen LogP contribution >= 0.6 is 15.9 Å². The first kappa shape index (κ1) is 17.9. The number of aromatic amines is 1. The predicted octanol–water partition coefficient (Wildman–Crippen LogP) is 4.67. The van der Waals surface area contributed by atoms with Crippen LogP contribution in [-0.2, 0) is 0 Å².